The van der Waals surface area contributed by atoms with Crippen LogP contribution in [0.25, 0.3) is 17.0 Å². The van der Waals surface area contributed by atoms with Gasteiger partial charge < -0.3 is 25.1 Å². The maximum absolute atomic E-state index is 13.6. The summed E-state index contributed by atoms with van der Waals surface area (Å²) in [5.41, 5.74) is 7.11. The third-order valence-corrected chi connectivity index (χ3v) is 6.84. The highest BCUT2D eigenvalue weighted by Crippen LogP contribution is 2.34. The van der Waals surface area contributed by atoms with Gasteiger partial charge in [0.05, 0.1) is 7.11 Å². The number of amides is 1. The molecule has 3 unspecified atom stereocenters. The van der Waals surface area contributed by atoms with Gasteiger partial charge in [-0.25, -0.2) is 19.6 Å². The fourth-order valence-electron chi connectivity index (χ4n) is 3.75. The molecule has 3 aliphatic rings. The van der Waals surface area contributed by atoms with E-state index in [-0.39, 0.29) is 22.8 Å². The Morgan fingerprint density at radius 1 is 1.27 bits per heavy atom. The van der Waals surface area contributed by atoms with Crippen LogP contribution in [0.15, 0.2) is 40.7 Å². The van der Waals surface area contributed by atoms with Crippen LogP contribution in [-0.4, -0.2) is 53.6 Å². The average molecular weight is 530 g/mol. The number of aromatic nitrogens is 2. The Hall–Kier alpha value is -3.60. The molecule has 2 aliphatic heterocycles. The number of methoxy groups -OCH3 is 1. The zero-order chi connectivity index (χ0) is 25.9. The number of carbonyl (C=O) groups excluding carboxylic acids is 1. The first-order chi connectivity index (χ1) is 17.9. The Labute approximate surface area is 216 Å². The number of halogens is 2. The number of rotatable bonds is 7. The number of hydrazine groups is 1. The Balaban J connectivity index is 1.46. The lowest BCUT2D eigenvalue weighted by Crippen LogP contribution is -2.43. The van der Waals surface area contributed by atoms with Crippen LogP contribution in [0.5, 0.6) is 0 Å². The van der Waals surface area contributed by atoms with Crippen molar-refractivity contribution >= 4 is 29.3 Å². The normalized spacial score (nSPS) is 22.9. The minimum absolute atomic E-state index is 0.159. The van der Waals surface area contributed by atoms with Gasteiger partial charge in [0.15, 0.2) is 0 Å². The number of carbonyl (C=O) groups is 1. The van der Waals surface area contributed by atoms with Crippen LogP contribution in [0.3, 0.4) is 0 Å². The SMILES string of the molecule is CNc1nnc(-c2ccc(C(=O)NC3NNC(C#CC4CC4)S3)c(C3=CC(C(F)F)NC=C3OC)c2)o1. The number of anilines is 1. The molecule has 3 heterocycles. The molecule has 3 atom stereocenters. The van der Waals surface area contributed by atoms with Crippen LogP contribution in [0, 0.1) is 17.8 Å². The predicted molar refractivity (Wildman–Crippen MR) is 135 cm³/mol. The van der Waals surface area contributed by atoms with E-state index in [1.54, 1.807) is 25.2 Å². The van der Waals surface area contributed by atoms with Crippen molar-refractivity contribution in [3.63, 3.8) is 0 Å². The molecule has 1 aromatic heterocycles. The number of thioether (sulfide) groups is 1. The third-order valence-electron chi connectivity index (χ3n) is 5.83. The van der Waals surface area contributed by atoms with Gasteiger partial charge in [-0.15, -0.1) is 5.10 Å². The highest BCUT2D eigenvalue weighted by atomic mass is 32.2. The van der Waals surface area contributed by atoms with E-state index in [0.717, 1.165) is 12.8 Å². The van der Waals surface area contributed by atoms with Gasteiger partial charge >= 0.3 is 6.01 Å². The maximum atomic E-state index is 13.6. The number of nitrogens with zero attached hydrogens (tertiary/aromatic N) is 2. The molecular formula is C24H25F2N7O3S. The van der Waals surface area contributed by atoms with Gasteiger partial charge in [-0.2, -0.15) is 0 Å². The summed E-state index contributed by atoms with van der Waals surface area (Å²) in [6, 6.07) is 3.85. The van der Waals surface area contributed by atoms with Gasteiger partial charge in [0.25, 0.3) is 12.3 Å². The summed E-state index contributed by atoms with van der Waals surface area (Å²) in [5.74, 6) is 6.93. The van der Waals surface area contributed by atoms with Gasteiger partial charge in [-0.3, -0.25) is 4.79 Å². The Morgan fingerprint density at radius 3 is 2.81 bits per heavy atom. The molecule has 0 bridgehead atoms. The van der Waals surface area contributed by atoms with E-state index < -0.39 is 23.9 Å². The van der Waals surface area contributed by atoms with E-state index in [1.807, 2.05) is 0 Å². The first-order valence-corrected chi connectivity index (χ1v) is 12.5. The molecule has 2 fully saturated rings. The van der Waals surface area contributed by atoms with Crippen LogP contribution < -0.4 is 26.8 Å². The molecule has 1 aliphatic carbocycles. The summed E-state index contributed by atoms with van der Waals surface area (Å²) in [7, 11) is 3.07. The molecule has 1 aromatic carbocycles. The molecule has 0 spiro atoms. The fraction of sp³-hybridized carbons (Fsp3) is 0.375. The van der Waals surface area contributed by atoms with Crippen molar-refractivity contribution in [3.8, 4) is 23.3 Å². The van der Waals surface area contributed by atoms with E-state index in [4.69, 9.17) is 9.15 Å². The Kier molecular flexibility index (Phi) is 7.31. The molecule has 37 heavy (non-hydrogen) atoms. The van der Waals surface area contributed by atoms with Crippen molar-refractivity contribution in [1.82, 2.24) is 31.7 Å². The van der Waals surface area contributed by atoms with Crippen LogP contribution in [-0.2, 0) is 4.74 Å². The quantitative estimate of drug-likeness (QED) is 0.342. The van der Waals surface area contributed by atoms with Crippen molar-refractivity contribution in [2.24, 2.45) is 5.92 Å². The first-order valence-electron chi connectivity index (χ1n) is 11.6. The minimum Gasteiger partial charge on any atom is -0.495 e. The number of nitrogens with one attached hydrogen (secondary N) is 5. The summed E-state index contributed by atoms with van der Waals surface area (Å²) < 4.78 is 38.2. The molecule has 194 valence electrons. The van der Waals surface area contributed by atoms with Crippen LogP contribution in [0.4, 0.5) is 14.8 Å². The van der Waals surface area contributed by atoms with Gasteiger partial charge in [0.1, 0.15) is 22.7 Å². The lowest BCUT2D eigenvalue weighted by molar-refractivity contribution is 0.0944. The van der Waals surface area contributed by atoms with Crippen molar-refractivity contribution in [3.05, 3.63) is 47.4 Å². The summed E-state index contributed by atoms with van der Waals surface area (Å²) in [6.45, 7) is 0. The smallest absolute Gasteiger partial charge is 0.315 e. The predicted octanol–water partition coefficient (Wildman–Crippen LogP) is 2.48. The lowest BCUT2D eigenvalue weighted by Gasteiger charge is -2.24. The second-order valence-electron chi connectivity index (χ2n) is 8.46. The number of ether oxygens (including phenoxy) is 1. The second kappa shape index (κ2) is 10.8. The Bertz CT molecular complexity index is 1300. The van der Waals surface area contributed by atoms with Crippen molar-refractivity contribution in [2.75, 3.05) is 19.5 Å². The van der Waals surface area contributed by atoms with Gasteiger partial charge in [0, 0.05) is 35.9 Å². The number of alkyl halides is 2. The van der Waals surface area contributed by atoms with Crippen molar-refractivity contribution < 1.29 is 22.7 Å². The third kappa shape index (κ3) is 5.71. The fourth-order valence-corrected chi connectivity index (χ4v) is 4.60. The summed E-state index contributed by atoms with van der Waals surface area (Å²) >= 11 is 1.43. The zero-order valence-corrected chi connectivity index (χ0v) is 20.8. The minimum atomic E-state index is -2.67. The topological polar surface area (TPSA) is 125 Å². The van der Waals surface area contributed by atoms with Crippen molar-refractivity contribution in [2.45, 2.75) is 36.2 Å². The molecular weight excluding hydrogens is 504 g/mol. The molecule has 5 N–H and O–H groups in total. The van der Waals surface area contributed by atoms with E-state index in [1.165, 1.54) is 31.1 Å². The molecule has 10 nitrogen and oxygen atoms in total. The number of benzene rings is 1. The van der Waals surface area contributed by atoms with Gasteiger partial charge in [0.2, 0.25) is 5.89 Å². The number of hydrogen-bond acceptors (Lipinski definition) is 10. The zero-order valence-electron chi connectivity index (χ0n) is 20.0. The highest BCUT2D eigenvalue weighted by Gasteiger charge is 2.30. The van der Waals surface area contributed by atoms with Crippen LogP contribution in [0.1, 0.15) is 28.8 Å². The summed E-state index contributed by atoms with van der Waals surface area (Å²) in [6.07, 6.45) is 2.31. The molecule has 1 saturated carbocycles. The van der Waals surface area contributed by atoms with Crippen LogP contribution in [0.2, 0.25) is 0 Å². The molecule has 13 heteroatoms. The van der Waals surface area contributed by atoms with Crippen molar-refractivity contribution in [1.29, 1.82) is 0 Å². The number of allylic oxidation sites excluding steroid dienone is 1. The number of dihydropyridines is 1. The molecule has 5 rings (SSSR count). The molecule has 0 radical (unpaired) electrons. The highest BCUT2D eigenvalue weighted by molar-refractivity contribution is 8.00. The summed E-state index contributed by atoms with van der Waals surface area (Å²) in [4.78, 5) is 13.4. The van der Waals surface area contributed by atoms with E-state index >= 15 is 0 Å². The maximum Gasteiger partial charge on any atom is 0.315 e. The average Bonchev–Trinajstić information content (AvgIpc) is 3.43. The van der Waals surface area contributed by atoms with E-state index in [9.17, 15) is 13.6 Å². The van der Waals surface area contributed by atoms with E-state index in [2.05, 4.69) is 48.8 Å². The van der Waals surface area contributed by atoms with Gasteiger partial charge in [-0.05, 0) is 42.7 Å². The lowest BCUT2D eigenvalue weighted by atomic mass is 9.92. The second-order valence-corrected chi connectivity index (χ2v) is 9.68. The monoisotopic (exact) mass is 529 g/mol. The molecule has 1 amide bonds. The standard InChI is InChI=1S/C24H25F2N7O3S/c1-27-23-32-31-22(36-23)13-6-7-14(15(9-13)16-10-17(20(25)26)28-11-18(16)35-2)21(34)29-24-33-30-19(37-24)8-5-12-3-4-12/h6-7,9-12,17,19-20,24,28,30,33H,3-4H2,1-2H3,(H,27,32)(H,29,34). The van der Waals surface area contributed by atoms with E-state index in [0.29, 0.717) is 28.4 Å². The summed E-state index contributed by atoms with van der Waals surface area (Å²) in [5, 5.41) is 16.0. The first kappa shape index (κ1) is 25.1. The van der Waals surface area contributed by atoms with Crippen LogP contribution >= 0.6 is 11.8 Å². The Morgan fingerprint density at radius 2 is 2.11 bits per heavy atom. The number of hydrogen-bond donors (Lipinski definition) is 5. The largest absolute Gasteiger partial charge is 0.495 e. The molecule has 2 aromatic rings. The molecule has 1 saturated heterocycles. The van der Waals surface area contributed by atoms with Gasteiger partial charge in [-0.1, -0.05) is 28.7 Å².